The number of hydrogen-bond donors (Lipinski definition) is 0. The molecular weight excluding hydrogens is 685 g/mol. The van der Waals surface area contributed by atoms with Gasteiger partial charge in [0, 0.05) is 38.2 Å². The third-order valence-electron chi connectivity index (χ3n) is 10.7. The van der Waals surface area contributed by atoms with Crippen molar-refractivity contribution in [2.75, 3.05) is 0 Å². The van der Waals surface area contributed by atoms with Crippen LogP contribution in [0.2, 0.25) is 0 Å². The minimum atomic E-state index is 0.586. The topological polar surface area (TPSA) is 56.7 Å². The molecule has 56 heavy (non-hydrogen) atoms. The first-order chi connectivity index (χ1) is 27.8. The van der Waals surface area contributed by atoms with Gasteiger partial charge in [-0.15, -0.1) is 0 Å². The standard InChI is InChI=1S/C51H32N4O/c1-4-14-33(15-5-1)35-24-26-37(27-25-35)50-52-49(36-18-8-3-9-19-36)53-51(54-50)43-21-10-12-22-44(43)55-45-32-38(34-16-6-2-7-17-34)28-29-39(45)41-30-31-42-40-20-11-13-23-46(40)56-48(42)47(41)55/h1-32H. The summed E-state index contributed by atoms with van der Waals surface area (Å²) < 4.78 is 9.10. The Kier molecular flexibility index (Phi) is 7.42. The summed E-state index contributed by atoms with van der Waals surface area (Å²) in [5.41, 5.74) is 12.0. The van der Waals surface area contributed by atoms with Crippen molar-refractivity contribution < 1.29 is 4.42 Å². The predicted molar refractivity (Wildman–Crippen MR) is 229 cm³/mol. The molecule has 0 N–H and O–H groups in total. The van der Waals surface area contributed by atoms with E-state index in [1.54, 1.807) is 0 Å². The van der Waals surface area contributed by atoms with Gasteiger partial charge in [0.2, 0.25) is 0 Å². The van der Waals surface area contributed by atoms with Crippen LogP contribution >= 0.6 is 0 Å². The van der Waals surface area contributed by atoms with Gasteiger partial charge in [-0.05, 0) is 52.6 Å². The van der Waals surface area contributed by atoms with E-state index in [4.69, 9.17) is 19.4 Å². The van der Waals surface area contributed by atoms with Crippen LogP contribution in [0.25, 0.3) is 106 Å². The zero-order valence-corrected chi connectivity index (χ0v) is 30.2. The van der Waals surface area contributed by atoms with Gasteiger partial charge < -0.3 is 8.98 Å². The van der Waals surface area contributed by atoms with Crippen molar-refractivity contribution in [3.63, 3.8) is 0 Å². The van der Waals surface area contributed by atoms with E-state index >= 15 is 0 Å². The molecule has 0 spiro atoms. The number of fused-ring (bicyclic) bond motifs is 7. The lowest BCUT2D eigenvalue weighted by atomic mass is 10.0. The maximum absolute atomic E-state index is 6.75. The Bertz CT molecular complexity index is 3220. The Labute approximate surface area is 322 Å². The predicted octanol–water partition coefficient (Wildman–Crippen LogP) is 13.2. The molecule has 0 radical (unpaired) electrons. The van der Waals surface area contributed by atoms with Gasteiger partial charge in [-0.2, -0.15) is 0 Å². The Morgan fingerprint density at radius 1 is 0.357 bits per heavy atom. The highest BCUT2D eigenvalue weighted by Gasteiger charge is 2.23. The van der Waals surface area contributed by atoms with Gasteiger partial charge >= 0.3 is 0 Å². The first kappa shape index (κ1) is 31.9. The second-order valence-electron chi connectivity index (χ2n) is 14.0. The Morgan fingerprint density at radius 2 is 0.857 bits per heavy atom. The van der Waals surface area contributed by atoms with Crippen molar-refractivity contribution in [2.45, 2.75) is 0 Å². The zero-order valence-electron chi connectivity index (χ0n) is 30.2. The quantitative estimate of drug-likeness (QED) is 0.172. The Balaban J connectivity index is 1.18. The lowest BCUT2D eigenvalue weighted by Gasteiger charge is -2.15. The van der Waals surface area contributed by atoms with E-state index < -0.39 is 0 Å². The van der Waals surface area contributed by atoms with Crippen molar-refractivity contribution in [2.24, 2.45) is 0 Å². The monoisotopic (exact) mass is 716 g/mol. The van der Waals surface area contributed by atoms with Gasteiger partial charge in [0.05, 0.1) is 16.7 Å². The molecule has 11 aromatic rings. The van der Waals surface area contributed by atoms with Crippen molar-refractivity contribution in [1.82, 2.24) is 19.5 Å². The molecule has 0 amide bonds. The van der Waals surface area contributed by atoms with Crippen LogP contribution in [0.3, 0.4) is 0 Å². The zero-order chi connectivity index (χ0) is 37.0. The van der Waals surface area contributed by atoms with E-state index in [2.05, 4.69) is 150 Å². The summed E-state index contributed by atoms with van der Waals surface area (Å²) in [5.74, 6) is 1.81. The van der Waals surface area contributed by atoms with E-state index in [-0.39, 0.29) is 0 Å². The highest BCUT2D eigenvalue weighted by molar-refractivity contribution is 6.22. The molecule has 0 saturated heterocycles. The van der Waals surface area contributed by atoms with Crippen LogP contribution < -0.4 is 0 Å². The van der Waals surface area contributed by atoms with E-state index in [0.717, 1.165) is 88.4 Å². The SMILES string of the molecule is c1ccc(-c2ccc(-c3nc(-c4ccccc4)nc(-c4ccccc4-n4c5cc(-c6ccccc6)ccc5c5ccc6c7ccccc7oc6c54)n3)cc2)cc1. The molecule has 0 aliphatic carbocycles. The molecule has 0 unspecified atom stereocenters. The number of rotatable bonds is 6. The van der Waals surface area contributed by atoms with Crippen LogP contribution in [0.15, 0.2) is 199 Å². The van der Waals surface area contributed by atoms with Crippen LogP contribution in [0.4, 0.5) is 0 Å². The molecule has 0 atom stereocenters. The fourth-order valence-corrected chi connectivity index (χ4v) is 7.98. The van der Waals surface area contributed by atoms with Crippen LogP contribution in [0.1, 0.15) is 0 Å². The summed E-state index contributed by atoms with van der Waals surface area (Å²) in [4.78, 5) is 15.5. The number of aromatic nitrogens is 4. The fourth-order valence-electron chi connectivity index (χ4n) is 7.98. The van der Waals surface area contributed by atoms with Crippen LogP contribution in [-0.4, -0.2) is 19.5 Å². The van der Waals surface area contributed by atoms with Crippen molar-refractivity contribution in [3.8, 4) is 62.1 Å². The maximum Gasteiger partial charge on any atom is 0.166 e. The highest BCUT2D eigenvalue weighted by atomic mass is 16.3. The summed E-state index contributed by atoms with van der Waals surface area (Å²) in [6, 6.07) is 67.3. The van der Waals surface area contributed by atoms with Crippen LogP contribution in [0, 0.1) is 0 Å². The van der Waals surface area contributed by atoms with E-state index in [1.165, 1.54) is 0 Å². The molecule has 262 valence electrons. The van der Waals surface area contributed by atoms with Crippen LogP contribution in [-0.2, 0) is 0 Å². The third kappa shape index (κ3) is 5.29. The molecule has 0 aliphatic heterocycles. The largest absolute Gasteiger partial charge is 0.454 e. The van der Waals surface area contributed by atoms with Gasteiger partial charge in [0.1, 0.15) is 5.58 Å². The Hall–Kier alpha value is -7.63. The summed E-state index contributed by atoms with van der Waals surface area (Å²) in [6.07, 6.45) is 0. The molecule has 8 aromatic carbocycles. The van der Waals surface area contributed by atoms with Gasteiger partial charge in [-0.3, -0.25) is 0 Å². The average molecular weight is 717 g/mol. The second kappa shape index (κ2) is 13.0. The number of benzene rings is 8. The van der Waals surface area contributed by atoms with E-state index in [1.807, 2.05) is 48.5 Å². The summed E-state index contributed by atoms with van der Waals surface area (Å²) in [7, 11) is 0. The van der Waals surface area contributed by atoms with Crippen LogP contribution in [0.5, 0.6) is 0 Å². The number of para-hydroxylation sites is 2. The molecule has 11 rings (SSSR count). The molecular formula is C51H32N4O. The van der Waals surface area contributed by atoms with E-state index in [0.29, 0.717) is 17.5 Å². The third-order valence-corrected chi connectivity index (χ3v) is 10.7. The van der Waals surface area contributed by atoms with Gasteiger partial charge in [0.15, 0.2) is 23.1 Å². The lowest BCUT2D eigenvalue weighted by molar-refractivity contribution is 0.671. The molecule has 3 aromatic heterocycles. The molecule has 3 heterocycles. The van der Waals surface area contributed by atoms with Crippen molar-refractivity contribution >= 4 is 43.7 Å². The Morgan fingerprint density at radius 3 is 1.59 bits per heavy atom. The normalized spacial score (nSPS) is 11.6. The van der Waals surface area contributed by atoms with Gasteiger partial charge in [0.25, 0.3) is 0 Å². The minimum absolute atomic E-state index is 0.586. The smallest absolute Gasteiger partial charge is 0.166 e. The number of furan rings is 1. The molecule has 0 fully saturated rings. The number of hydrogen-bond acceptors (Lipinski definition) is 4. The van der Waals surface area contributed by atoms with Crippen molar-refractivity contribution in [1.29, 1.82) is 0 Å². The average Bonchev–Trinajstić information content (AvgIpc) is 3.83. The highest BCUT2D eigenvalue weighted by Crippen LogP contribution is 2.43. The fraction of sp³-hybridized carbons (Fsp3) is 0. The molecule has 0 saturated carbocycles. The minimum Gasteiger partial charge on any atom is -0.454 e. The van der Waals surface area contributed by atoms with Gasteiger partial charge in [-0.1, -0.05) is 164 Å². The van der Waals surface area contributed by atoms with E-state index in [9.17, 15) is 0 Å². The molecule has 0 aliphatic rings. The summed E-state index contributed by atoms with van der Waals surface area (Å²) in [6.45, 7) is 0. The first-order valence-electron chi connectivity index (χ1n) is 18.8. The van der Waals surface area contributed by atoms with Gasteiger partial charge in [-0.25, -0.2) is 15.0 Å². The number of nitrogens with zero attached hydrogens (tertiary/aromatic N) is 4. The molecule has 5 heteroatoms. The summed E-state index contributed by atoms with van der Waals surface area (Å²) >= 11 is 0. The molecule has 0 bridgehead atoms. The molecule has 5 nitrogen and oxygen atoms in total. The van der Waals surface area contributed by atoms with Crippen molar-refractivity contribution in [3.05, 3.63) is 194 Å². The first-order valence-corrected chi connectivity index (χ1v) is 18.8. The summed E-state index contributed by atoms with van der Waals surface area (Å²) in [5, 5.41) is 4.41. The second-order valence-corrected chi connectivity index (χ2v) is 14.0. The maximum atomic E-state index is 6.75. The lowest BCUT2D eigenvalue weighted by Crippen LogP contribution is -2.03.